The summed E-state index contributed by atoms with van der Waals surface area (Å²) in [6, 6.07) is 6.68. The Kier molecular flexibility index (Phi) is 3.81. The molecule has 18 heavy (non-hydrogen) atoms. The summed E-state index contributed by atoms with van der Waals surface area (Å²) in [6.07, 6.45) is 0.194. The van der Waals surface area contributed by atoms with E-state index in [0.29, 0.717) is 16.4 Å². The van der Waals surface area contributed by atoms with Crippen molar-refractivity contribution in [3.05, 3.63) is 35.4 Å². The van der Waals surface area contributed by atoms with Crippen molar-refractivity contribution in [3.63, 3.8) is 0 Å². The molecule has 0 aromatic heterocycles. The molecule has 1 N–H and O–H groups in total. The van der Waals surface area contributed by atoms with Crippen molar-refractivity contribution in [2.45, 2.75) is 19.4 Å². The summed E-state index contributed by atoms with van der Waals surface area (Å²) in [7, 11) is 0. The topological polar surface area (TPSA) is 66.7 Å². The molecule has 1 atom stereocenters. The fourth-order valence-electron chi connectivity index (χ4n) is 1.76. The molecule has 5 heteroatoms. The molecule has 1 aliphatic rings. The number of carboxylic acids is 1. The van der Waals surface area contributed by atoms with Crippen molar-refractivity contribution >= 4 is 28.6 Å². The van der Waals surface area contributed by atoms with E-state index in [1.165, 1.54) is 11.8 Å². The van der Waals surface area contributed by atoms with Crippen LogP contribution in [0.4, 0.5) is 0 Å². The highest BCUT2D eigenvalue weighted by molar-refractivity contribution is 8.14. The van der Waals surface area contributed by atoms with Crippen LogP contribution in [0.1, 0.15) is 22.3 Å². The standard InChI is InChI=1S/C13H13NO3S/c1-8-4-2-3-5-9(8)11(15)6-12-14-10(7-18-12)13(16)17/h2-5,10H,6-7H2,1H3,(H,16,17). The van der Waals surface area contributed by atoms with Gasteiger partial charge in [-0.3, -0.25) is 9.79 Å². The molecule has 0 fully saturated rings. The maximum atomic E-state index is 12.1. The number of thioether (sulfide) groups is 1. The van der Waals surface area contributed by atoms with Crippen LogP contribution in [-0.4, -0.2) is 33.7 Å². The number of rotatable bonds is 4. The van der Waals surface area contributed by atoms with Crippen LogP contribution in [0, 0.1) is 6.92 Å². The van der Waals surface area contributed by atoms with Crippen molar-refractivity contribution in [1.82, 2.24) is 0 Å². The monoisotopic (exact) mass is 263 g/mol. The first kappa shape index (κ1) is 12.8. The summed E-state index contributed by atoms with van der Waals surface area (Å²) in [5.74, 6) is -0.516. The highest BCUT2D eigenvalue weighted by Gasteiger charge is 2.25. The number of ketones is 1. The fourth-order valence-corrected chi connectivity index (χ4v) is 2.77. The number of carboxylic acid groups (broad SMARTS) is 1. The molecule has 0 radical (unpaired) electrons. The number of aryl methyl sites for hydroxylation is 1. The van der Waals surface area contributed by atoms with Gasteiger partial charge >= 0.3 is 5.97 Å². The van der Waals surface area contributed by atoms with E-state index in [1.54, 1.807) is 6.07 Å². The Morgan fingerprint density at radius 3 is 2.78 bits per heavy atom. The van der Waals surface area contributed by atoms with Gasteiger partial charge in [0.15, 0.2) is 11.8 Å². The summed E-state index contributed by atoms with van der Waals surface area (Å²) >= 11 is 1.36. The number of hydrogen-bond donors (Lipinski definition) is 1. The van der Waals surface area contributed by atoms with Crippen LogP contribution in [0.25, 0.3) is 0 Å². The molecule has 1 aromatic rings. The van der Waals surface area contributed by atoms with E-state index in [1.807, 2.05) is 25.1 Å². The van der Waals surface area contributed by atoms with E-state index >= 15 is 0 Å². The second-order valence-electron chi connectivity index (χ2n) is 4.10. The van der Waals surface area contributed by atoms with Crippen molar-refractivity contribution in [3.8, 4) is 0 Å². The maximum Gasteiger partial charge on any atom is 0.329 e. The van der Waals surface area contributed by atoms with Gasteiger partial charge in [0.25, 0.3) is 0 Å². The third kappa shape index (κ3) is 2.79. The van der Waals surface area contributed by atoms with E-state index in [2.05, 4.69) is 4.99 Å². The Morgan fingerprint density at radius 2 is 2.17 bits per heavy atom. The molecule has 1 aromatic carbocycles. The van der Waals surface area contributed by atoms with Crippen LogP contribution >= 0.6 is 11.8 Å². The lowest BCUT2D eigenvalue weighted by Gasteiger charge is -2.03. The van der Waals surface area contributed by atoms with E-state index in [4.69, 9.17) is 5.11 Å². The van der Waals surface area contributed by atoms with Gasteiger partial charge in [0.2, 0.25) is 0 Å². The molecular formula is C13H13NO3S. The van der Waals surface area contributed by atoms with Gasteiger partial charge in [0, 0.05) is 11.3 Å². The highest BCUT2D eigenvalue weighted by Crippen LogP contribution is 2.22. The smallest absolute Gasteiger partial charge is 0.329 e. The first-order valence-electron chi connectivity index (χ1n) is 5.59. The van der Waals surface area contributed by atoms with Gasteiger partial charge in [-0.2, -0.15) is 0 Å². The number of nitrogens with zero attached hydrogens (tertiary/aromatic N) is 1. The number of aliphatic imine (C=N–C) groups is 1. The quantitative estimate of drug-likeness (QED) is 0.845. The minimum Gasteiger partial charge on any atom is -0.480 e. The van der Waals surface area contributed by atoms with Gasteiger partial charge in [0.1, 0.15) is 0 Å². The van der Waals surface area contributed by atoms with Gasteiger partial charge in [-0.25, -0.2) is 4.79 Å². The van der Waals surface area contributed by atoms with E-state index in [-0.39, 0.29) is 12.2 Å². The number of aliphatic carboxylic acids is 1. The van der Waals surface area contributed by atoms with E-state index < -0.39 is 12.0 Å². The van der Waals surface area contributed by atoms with Crippen molar-refractivity contribution < 1.29 is 14.7 Å². The predicted octanol–water partition coefficient (Wildman–Crippen LogP) is 2.17. The minimum atomic E-state index is -0.930. The minimum absolute atomic E-state index is 0.00890. The number of hydrogen-bond acceptors (Lipinski definition) is 4. The van der Waals surface area contributed by atoms with Crippen LogP contribution in [-0.2, 0) is 4.79 Å². The maximum absolute atomic E-state index is 12.1. The van der Waals surface area contributed by atoms with Gasteiger partial charge in [-0.1, -0.05) is 24.3 Å². The summed E-state index contributed by atoms with van der Waals surface area (Å²) < 4.78 is 0. The van der Waals surface area contributed by atoms with Crippen LogP contribution in [0.15, 0.2) is 29.3 Å². The third-order valence-electron chi connectivity index (χ3n) is 2.75. The number of Topliss-reactive ketones (excluding diaryl/α,β-unsaturated/α-hetero) is 1. The summed E-state index contributed by atoms with van der Waals surface area (Å²) in [4.78, 5) is 26.9. The van der Waals surface area contributed by atoms with Crippen molar-refractivity contribution in [1.29, 1.82) is 0 Å². The Bertz CT molecular complexity index is 525. The average molecular weight is 263 g/mol. The lowest BCUT2D eigenvalue weighted by atomic mass is 10.0. The SMILES string of the molecule is Cc1ccccc1C(=O)CC1=NC(C(=O)O)CS1. The zero-order valence-electron chi connectivity index (χ0n) is 9.92. The molecule has 2 rings (SSSR count). The van der Waals surface area contributed by atoms with Gasteiger partial charge in [0.05, 0.1) is 11.5 Å². The molecule has 1 unspecified atom stereocenters. The summed E-state index contributed by atoms with van der Waals surface area (Å²) in [5.41, 5.74) is 1.61. The second kappa shape index (κ2) is 5.35. The number of carbonyl (C=O) groups excluding carboxylic acids is 1. The van der Waals surface area contributed by atoms with Crippen LogP contribution in [0.3, 0.4) is 0 Å². The summed E-state index contributed by atoms with van der Waals surface area (Å²) in [5, 5.41) is 9.44. The van der Waals surface area contributed by atoms with Crippen molar-refractivity contribution in [2.75, 3.05) is 5.75 Å². The van der Waals surface area contributed by atoms with E-state index in [9.17, 15) is 9.59 Å². The molecule has 0 bridgehead atoms. The molecule has 0 saturated carbocycles. The lowest BCUT2D eigenvalue weighted by molar-refractivity contribution is -0.137. The Balaban J connectivity index is 2.07. The van der Waals surface area contributed by atoms with E-state index in [0.717, 1.165) is 5.56 Å². The first-order valence-corrected chi connectivity index (χ1v) is 6.57. The number of benzene rings is 1. The highest BCUT2D eigenvalue weighted by atomic mass is 32.2. The molecule has 0 saturated heterocycles. The molecule has 0 amide bonds. The lowest BCUT2D eigenvalue weighted by Crippen LogP contribution is -2.17. The summed E-state index contributed by atoms with van der Waals surface area (Å²) in [6.45, 7) is 1.89. The van der Waals surface area contributed by atoms with Gasteiger partial charge < -0.3 is 5.11 Å². The number of carbonyl (C=O) groups is 2. The molecule has 1 aliphatic heterocycles. The molecular weight excluding hydrogens is 250 g/mol. The zero-order valence-corrected chi connectivity index (χ0v) is 10.7. The molecule has 94 valence electrons. The third-order valence-corrected chi connectivity index (χ3v) is 3.82. The molecule has 0 aliphatic carbocycles. The Labute approximate surface area is 109 Å². The first-order chi connectivity index (χ1) is 8.58. The largest absolute Gasteiger partial charge is 0.480 e. The zero-order chi connectivity index (χ0) is 13.1. The molecule has 0 spiro atoms. The Hall–Kier alpha value is -1.62. The molecule has 1 heterocycles. The van der Waals surface area contributed by atoms with Crippen molar-refractivity contribution in [2.24, 2.45) is 4.99 Å². The van der Waals surface area contributed by atoms with Crippen LogP contribution < -0.4 is 0 Å². The second-order valence-corrected chi connectivity index (χ2v) is 5.20. The normalized spacial score (nSPS) is 18.5. The Morgan fingerprint density at radius 1 is 1.44 bits per heavy atom. The van der Waals surface area contributed by atoms with Gasteiger partial charge in [-0.15, -0.1) is 11.8 Å². The average Bonchev–Trinajstić information content (AvgIpc) is 2.78. The van der Waals surface area contributed by atoms with Crippen LogP contribution in [0.2, 0.25) is 0 Å². The van der Waals surface area contributed by atoms with Crippen LogP contribution in [0.5, 0.6) is 0 Å². The predicted molar refractivity (Wildman–Crippen MR) is 71.4 cm³/mol. The molecule has 4 nitrogen and oxygen atoms in total. The fraction of sp³-hybridized carbons (Fsp3) is 0.308. The van der Waals surface area contributed by atoms with Gasteiger partial charge in [-0.05, 0) is 12.5 Å².